The summed E-state index contributed by atoms with van der Waals surface area (Å²) in [5, 5.41) is 0.926. The van der Waals surface area contributed by atoms with Crippen molar-refractivity contribution in [3.63, 3.8) is 0 Å². The van der Waals surface area contributed by atoms with Gasteiger partial charge in [0.2, 0.25) is 5.91 Å². The summed E-state index contributed by atoms with van der Waals surface area (Å²) in [4.78, 5) is 40.6. The third-order valence-corrected chi connectivity index (χ3v) is 12.9. The first-order valence-corrected chi connectivity index (χ1v) is 26.6. The Balaban J connectivity index is 4.75. The van der Waals surface area contributed by atoms with Crippen LogP contribution >= 0.6 is 15.9 Å². The van der Waals surface area contributed by atoms with Crippen molar-refractivity contribution in [2.75, 3.05) is 25.6 Å². The quantitative estimate of drug-likeness (QED) is 0.0346. The highest BCUT2D eigenvalue weighted by molar-refractivity contribution is 9.09. The molecule has 7 heteroatoms. The van der Waals surface area contributed by atoms with Crippen LogP contribution in [0.4, 0.5) is 0 Å². The minimum atomic E-state index is -0.0454. The number of carbonyl (C=O) groups is 3. The summed E-state index contributed by atoms with van der Waals surface area (Å²) >= 11 is 3.49. The van der Waals surface area contributed by atoms with Crippen molar-refractivity contribution in [1.29, 1.82) is 0 Å². The van der Waals surface area contributed by atoms with E-state index in [1.54, 1.807) is 0 Å². The van der Waals surface area contributed by atoms with E-state index in [0.717, 1.165) is 69.5 Å². The summed E-state index contributed by atoms with van der Waals surface area (Å²) in [5.74, 6) is 1.14. The third kappa shape index (κ3) is 36.7. The number of alkyl halides is 1. The van der Waals surface area contributed by atoms with Gasteiger partial charge < -0.3 is 14.4 Å². The van der Waals surface area contributed by atoms with Crippen molar-refractivity contribution in [3.05, 3.63) is 0 Å². The molecule has 0 heterocycles. The first-order chi connectivity index (χ1) is 28.3. The van der Waals surface area contributed by atoms with Gasteiger partial charge in [-0.25, -0.2) is 0 Å². The minimum Gasteiger partial charge on any atom is -0.465 e. The second-order valence-electron chi connectivity index (χ2n) is 17.9. The maximum atomic E-state index is 13.1. The molecule has 0 radical (unpaired) electrons. The highest BCUT2D eigenvalue weighted by Gasteiger charge is 2.20. The highest BCUT2D eigenvalue weighted by atomic mass is 79.9. The number of rotatable bonds is 45. The molecule has 2 atom stereocenters. The van der Waals surface area contributed by atoms with Crippen molar-refractivity contribution >= 4 is 33.8 Å². The molecule has 0 aromatic heterocycles. The predicted molar refractivity (Wildman–Crippen MR) is 253 cm³/mol. The normalized spacial score (nSPS) is 13.0. The molecular formula is C51H98BrNO5. The summed E-state index contributed by atoms with van der Waals surface area (Å²) in [6, 6.07) is 0.196. The van der Waals surface area contributed by atoms with Crippen LogP contribution in [0.1, 0.15) is 265 Å². The smallest absolute Gasteiger partial charge is 0.305 e. The van der Waals surface area contributed by atoms with Gasteiger partial charge in [0.05, 0.1) is 13.2 Å². The van der Waals surface area contributed by atoms with Crippen molar-refractivity contribution in [2.45, 2.75) is 271 Å². The summed E-state index contributed by atoms with van der Waals surface area (Å²) < 4.78 is 11.7. The van der Waals surface area contributed by atoms with Gasteiger partial charge in [-0.2, -0.15) is 0 Å². The third-order valence-electron chi connectivity index (χ3n) is 12.4. The predicted octanol–water partition coefficient (Wildman–Crippen LogP) is 16.0. The average Bonchev–Trinajstić information content (AvgIpc) is 3.22. The van der Waals surface area contributed by atoms with Crippen molar-refractivity contribution in [3.8, 4) is 0 Å². The molecular weight excluding hydrogens is 786 g/mol. The van der Waals surface area contributed by atoms with E-state index in [4.69, 9.17) is 9.47 Å². The van der Waals surface area contributed by atoms with Crippen LogP contribution in [0.3, 0.4) is 0 Å². The molecule has 0 fully saturated rings. The van der Waals surface area contributed by atoms with E-state index in [1.807, 2.05) is 11.9 Å². The van der Waals surface area contributed by atoms with Crippen LogP contribution in [0.2, 0.25) is 0 Å². The lowest BCUT2D eigenvalue weighted by atomic mass is 9.95. The van der Waals surface area contributed by atoms with Crippen LogP contribution in [0.5, 0.6) is 0 Å². The molecule has 0 saturated heterocycles. The van der Waals surface area contributed by atoms with Crippen molar-refractivity contribution in [1.82, 2.24) is 4.90 Å². The number of halogens is 1. The maximum Gasteiger partial charge on any atom is 0.305 e. The lowest BCUT2D eigenvalue weighted by molar-refractivity contribution is -0.146. The van der Waals surface area contributed by atoms with Gasteiger partial charge >= 0.3 is 11.9 Å². The Hall–Kier alpha value is -1.11. The minimum absolute atomic E-state index is 0.0454. The molecule has 58 heavy (non-hydrogen) atoms. The first-order valence-electron chi connectivity index (χ1n) is 25.4. The molecule has 2 unspecified atom stereocenters. The first kappa shape index (κ1) is 56.9. The number of unbranched alkanes of at least 4 members (excludes halogenated alkanes) is 21. The van der Waals surface area contributed by atoms with Crippen molar-refractivity contribution in [2.24, 2.45) is 11.8 Å². The van der Waals surface area contributed by atoms with Crippen LogP contribution in [-0.2, 0) is 23.9 Å². The highest BCUT2D eigenvalue weighted by Crippen LogP contribution is 2.23. The van der Waals surface area contributed by atoms with Crippen LogP contribution in [0.25, 0.3) is 0 Å². The van der Waals surface area contributed by atoms with Crippen LogP contribution in [-0.4, -0.2) is 54.4 Å². The SMILES string of the molecule is CCCCCCCCC(CCCCCC)COC(=O)CCCCCC(CCCCCC(=O)OCC(CCCCCC)CCCCCCCC)N(C)C(=O)CCCCBr. The van der Waals surface area contributed by atoms with Gasteiger partial charge in [0.25, 0.3) is 0 Å². The lowest BCUT2D eigenvalue weighted by Gasteiger charge is -2.29. The Kier molecular flexibility index (Phi) is 43.1. The molecule has 0 spiro atoms. The molecule has 0 rings (SSSR count). The molecule has 0 N–H and O–H groups in total. The fourth-order valence-electron chi connectivity index (χ4n) is 8.27. The maximum absolute atomic E-state index is 13.1. The summed E-state index contributed by atoms with van der Waals surface area (Å²) in [5.41, 5.74) is 0. The van der Waals surface area contributed by atoms with Crippen LogP contribution in [0.15, 0.2) is 0 Å². The van der Waals surface area contributed by atoms with Gasteiger partial charge in [0.15, 0.2) is 0 Å². The van der Waals surface area contributed by atoms with E-state index in [0.29, 0.717) is 44.3 Å². The molecule has 0 aliphatic heterocycles. The van der Waals surface area contributed by atoms with E-state index >= 15 is 0 Å². The number of ether oxygens (including phenoxy) is 2. The van der Waals surface area contributed by atoms with E-state index in [1.165, 1.54) is 154 Å². The fourth-order valence-corrected chi connectivity index (χ4v) is 8.67. The van der Waals surface area contributed by atoms with Gasteiger partial charge in [-0.15, -0.1) is 0 Å². The fraction of sp³-hybridized carbons (Fsp3) is 0.941. The summed E-state index contributed by atoms with van der Waals surface area (Å²) in [6.45, 7) is 10.2. The van der Waals surface area contributed by atoms with Gasteiger partial charge in [0, 0.05) is 37.7 Å². The number of carbonyl (C=O) groups excluding carboxylic acids is 3. The molecule has 1 amide bonds. The second kappa shape index (κ2) is 44.0. The Labute approximate surface area is 369 Å². The van der Waals surface area contributed by atoms with Crippen LogP contribution in [0, 0.1) is 11.8 Å². The summed E-state index contributed by atoms with van der Waals surface area (Å²) in [7, 11) is 1.98. The molecule has 344 valence electrons. The number of nitrogens with zero attached hydrogens (tertiary/aromatic N) is 1. The van der Waals surface area contributed by atoms with E-state index < -0.39 is 0 Å². The second-order valence-corrected chi connectivity index (χ2v) is 18.7. The lowest BCUT2D eigenvalue weighted by Crippen LogP contribution is -2.37. The largest absolute Gasteiger partial charge is 0.465 e. The topological polar surface area (TPSA) is 72.9 Å². The average molecular weight is 885 g/mol. The zero-order valence-corrected chi connectivity index (χ0v) is 41.0. The Bertz CT molecular complexity index is 857. The zero-order chi connectivity index (χ0) is 42.7. The Morgan fingerprint density at radius 1 is 0.414 bits per heavy atom. The monoisotopic (exact) mass is 884 g/mol. The number of esters is 2. The molecule has 6 nitrogen and oxygen atoms in total. The Morgan fingerprint density at radius 2 is 0.724 bits per heavy atom. The molecule has 0 saturated carbocycles. The number of hydrogen-bond acceptors (Lipinski definition) is 5. The van der Waals surface area contributed by atoms with Gasteiger partial charge in [-0.05, 0) is 76.0 Å². The number of amides is 1. The molecule has 0 aromatic rings. The van der Waals surface area contributed by atoms with Gasteiger partial charge in [-0.3, -0.25) is 14.4 Å². The van der Waals surface area contributed by atoms with E-state index in [-0.39, 0.29) is 23.9 Å². The van der Waals surface area contributed by atoms with Gasteiger partial charge in [-0.1, -0.05) is 198 Å². The van der Waals surface area contributed by atoms with Crippen LogP contribution < -0.4 is 0 Å². The molecule has 0 aliphatic carbocycles. The number of hydrogen-bond donors (Lipinski definition) is 0. The van der Waals surface area contributed by atoms with E-state index in [9.17, 15) is 14.4 Å². The standard InChI is InChI=1S/C51H98BrNO5/c1-6-10-14-18-20-26-36-46(34-24-16-12-8-3)44-57-50(55)41-30-22-28-38-48(53(5)49(54)40-32-33-43-52)39-29-23-31-42-51(56)58-45-47(35-25-17-13-9-4)37-27-21-19-15-11-7-2/h46-48H,6-45H2,1-5H3. The molecule has 0 aromatic carbocycles. The van der Waals surface area contributed by atoms with Gasteiger partial charge in [0.1, 0.15) is 0 Å². The molecule has 0 bridgehead atoms. The van der Waals surface area contributed by atoms with Crippen molar-refractivity contribution < 1.29 is 23.9 Å². The summed E-state index contributed by atoms with van der Waals surface area (Å²) in [6.07, 6.45) is 41.5. The molecule has 0 aliphatic rings. The van der Waals surface area contributed by atoms with E-state index in [2.05, 4.69) is 43.6 Å². The Morgan fingerprint density at radius 3 is 1.10 bits per heavy atom. The zero-order valence-electron chi connectivity index (χ0n) is 39.4.